The van der Waals surface area contributed by atoms with E-state index < -0.39 is 0 Å². The van der Waals surface area contributed by atoms with Crippen molar-refractivity contribution in [3.05, 3.63) is 221 Å². The van der Waals surface area contributed by atoms with Gasteiger partial charge in [-0.25, -0.2) is 0 Å². The molecule has 0 unspecified atom stereocenters. The Kier molecular flexibility index (Phi) is 10.5. The highest BCUT2D eigenvalue weighted by Crippen LogP contribution is 2.40. The topological polar surface area (TPSA) is 0 Å². The maximum Gasteiger partial charge on any atom is 0.0342 e. The first-order valence-electron chi connectivity index (χ1n) is 19.7. The minimum atomic E-state index is 1.19. The summed E-state index contributed by atoms with van der Waals surface area (Å²) in [5.74, 6) is 0. The highest BCUT2D eigenvalue weighted by Gasteiger charge is 2.16. The lowest BCUT2D eigenvalue weighted by Gasteiger charge is -2.17. The molecule has 4 heteroatoms. The predicted octanol–water partition coefficient (Wildman–Crippen LogP) is 17.7. The zero-order valence-corrected chi connectivity index (χ0v) is 35.6. The first-order chi connectivity index (χ1) is 29.1. The normalized spacial score (nSPS) is 11.1. The van der Waals surface area contributed by atoms with Crippen LogP contribution < -0.4 is 0 Å². The largest absolute Gasteiger partial charge is 0.144 e. The average Bonchev–Trinajstić information content (AvgIpc) is 4.16. The summed E-state index contributed by atoms with van der Waals surface area (Å²) in [5.41, 5.74) is 18.1. The van der Waals surface area contributed by atoms with Crippen LogP contribution in [0.3, 0.4) is 0 Å². The molecule has 10 aromatic rings. The molecule has 0 radical (unpaired) electrons. The summed E-state index contributed by atoms with van der Waals surface area (Å²) >= 11 is 7.12. The summed E-state index contributed by atoms with van der Waals surface area (Å²) in [5, 5.41) is 8.61. The van der Waals surface area contributed by atoms with Crippen LogP contribution in [0.1, 0.15) is 18.1 Å². The van der Waals surface area contributed by atoms with E-state index in [1.54, 1.807) is 45.3 Å². The predicted molar refractivity (Wildman–Crippen MR) is 261 cm³/mol. The highest BCUT2D eigenvalue weighted by atomic mass is 32.1. The van der Waals surface area contributed by atoms with Crippen LogP contribution >= 0.6 is 45.3 Å². The van der Waals surface area contributed by atoms with Gasteiger partial charge in [-0.1, -0.05) is 103 Å². The number of hydrogen-bond acceptors (Lipinski definition) is 4. The molecule has 0 aliphatic carbocycles. The Morgan fingerprint density at radius 3 is 0.780 bits per heavy atom. The van der Waals surface area contributed by atoms with E-state index >= 15 is 0 Å². The summed E-state index contributed by atoms with van der Waals surface area (Å²) in [7, 11) is 0. The van der Waals surface area contributed by atoms with Crippen molar-refractivity contribution in [3.8, 4) is 86.3 Å². The Balaban J connectivity index is 1.15. The average molecular weight is 827 g/mol. The zero-order chi connectivity index (χ0) is 39.5. The van der Waals surface area contributed by atoms with Crippen LogP contribution in [0.4, 0.5) is 0 Å². The number of allylic oxidation sites excluding steroid dienone is 1. The van der Waals surface area contributed by atoms with Crippen molar-refractivity contribution < 1.29 is 0 Å². The van der Waals surface area contributed by atoms with Gasteiger partial charge in [0.25, 0.3) is 0 Å². The molecule has 0 aliphatic heterocycles. The van der Waals surface area contributed by atoms with Crippen molar-refractivity contribution in [3.63, 3.8) is 0 Å². The fraction of sp³-hybridized carbons (Fsp3) is 0.0182. The highest BCUT2D eigenvalue weighted by molar-refractivity contribution is 7.14. The second-order valence-electron chi connectivity index (χ2n) is 14.5. The summed E-state index contributed by atoms with van der Waals surface area (Å²) in [6.45, 7) is 2.18. The van der Waals surface area contributed by atoms with E-state index in [1.807, 2.05) is 0 Å². The van der Waals surface area contributed by atoms with Gasteiger partial charge in [0, 0.05) is 19.5 Å². The third-order valence-electron chi connectivity index (χ3n) is 10.8. The number of rotatable bonds is 10. The van der Waals surface area contributed by atoms with Crippen LogP contribution in [0.25, 0.3) is 91.8 Å². The molecule has 0 saturated heterocycles. The molecule has 0 N–H and O–H groups in total. The maximum atomic E-state index is 2.39. The lowest BCUT2D eigenvalue weighted by Crippen LogP contribution is -1.94. The van der Waals surface area contributed by atoms with Gasteiger partial charge in [-0.3, -0.25) is 0 Å². The Morgan fingerprint density at radius 1 is 0.288 bits per heavy atom. The molecule has 4 heterocycles. The van der Waals surface area contributed by atoms with Crippen LogP contribution in [0.5, 0.6) is 0 Å². The quantitative estimate of drug-likeness (QED) is 0.129. The fourth-order valence-corrected chi connectivity index (χ4v) is 10.8. The van der Waals surface area contributed by atoms with Gasteiger partial charge in [0.1, 0.15) is 0 Å². The summed E-state index contributed by atoms with van der Waals surface area (Å²) in [4.78, 5) is 5.10. The van der Waals surface area contributed by atoms with Gasteiger partial charge in [0.15, 0.2) is 0 Å². The van der Waals surface area contributed by atoms with E-state index in [0.29, 0.717) is 0 Å². The molecular formula is C55H38S4. The Bertz CT molecular complexity index is 2640. The van der Waals surface area contributed by atoms with Crippen molar-refractivity contribution in [1.82, 2.24) is 0 Å². The molecule has 10 rings (SSSR count). The van der Waals surface area contributed by atoms with E-state index in [-0.39, 0.29) is 0 Å². The second-order valence-corrected chi connectivity index (χ2v) is 18.3. The van der Waals surface area contributed by atoms with Crippen LogP contribution in [0.15, 0.2) is 210 Å². The summed E-state index contributed by atoms with van der Waals surface area (Å²) in [6.07, 6.45) is 2.29. The molecule has 0 spiro atoms. The van der Waals surface area contributed by atoms with Crippen molar-refractivity contribution in [2.75, 3.05) is 0 Å². The van der Waals surface area contributed by atoms with Crippen LogP contribution in [0, 0.1) is 0 Å². The molecule has 0 aliphatic rings. The third-order valence-corrected chi connectivity index (χ3v) is 14.5. The fourth-order valence-electron chi connectivity index (χ4n) is 7.91. The van der Waals surface area contributed by atoms with E-state index in [0.717, 1.165) is 0 Å². The molecule has 0 amide bonds. The number of thiophene rings is 4. The smallest absolute Gasteiger partial charge is 0.0342 e. The van der Waals surface area contributed by atoms with E-state index in [2.05, 4.69) is 217 Å². The monoisotopic (exact) mass is 826 g/mol. The van der Waals surface area contributed by atoms with Crippen molar-refractivity contribution in [2.24, 2.45) is 0 Å². The summed E-state index contributed by atoms with van der Waals surface area (Å²) in [6, 6.07) is 67.6. The lowest BCUT2D eigenvalue weighted by atomic mass is 9.87. The molecule has 282 valence electrons. The minimum Gasteiger partial charge on any atom is -0.144 e. The molecule has 0 fully saturated rings. The lowest BCUT2D eigenvalue weighted by molar-refractivity contribution is 1.50. The van der Waals surface area contributed by atoms with Gasteiger partial charge in [-0.2, -0.15) is 0 Å². The Labute approximate surface area is 362 Å². The van der Waals surface area contributed by atoms with Crippen molar-refractivity contribution in [2.45, 2.75) is 6.92 Å². The van der Waals surface area contributed by atoms with Gasteiger partial charge in [0.05, 0.1) is 0 Å². The van der Waals surface area contributed by atoms with Gasteiger partial charge >= 0.3 is 0 Å². The number of benzene rings is 6. The van der Waals surface area contributed by atoms with Crippen molar-refractivity contribution >= 4 is 50.9 Å². The van der Waals surface area contributed by atoms with E-state index in [1.165, 1.54) is 103 Å². The van der Waals surface area contributed by atoms with E-state index in [4.69, 9.17) is 0 Å². The molecule has 0 atom stereocenters. The molecule has 0 saturated carbocycles. The maximum absolute atomic E-state index is 2.39. The second kappa shape index (κ2) is 16.6. The van der Waals surface area contributed by atoms with Crippen LogP contribution in [-0.4, -0.2) is 0 Å². The molecule has 6 aromatic carbocycles. The van der Waals surface area contributed by atoms with Gasteiger partial charge in [-0.05, 0) is 197 Å². The third kappa shape index (κ3) is 7.89. The molecular weight excluding hydrogens is 789 g/mol. The SMILES string of the molecule is CC=C(c1cc(-c2cccc(-c3cccs3)c2)cc(-c2cccc(-c3cccs3)c2)c1)c1cc(-c2cccc(-c3cccs3)c2)cc(-c2cccc(-c3cccs3)c2)c1. The van der Waals surface area contributed by atoms with Crippen LogP contribution in [0.2, 0.25) is 0 Å². The first-order valence-corrected chi connectivity index (χ1v) is 23.2. The summed E-state index contributed by atoms with van der Waals surface area (Å²) < 4.78 is 0. The molecule has 0 nitrogen and oxygen atoms in total. The van der Waals surface area contributed by atoms with Gasteiger partial charge < -0.3 is 0 Å². The molecule has 4 aromatic heterocycles. The van der Waals surface area contributed by atoms with Crippen molar-refractivity contribution in [1.29, 1.82) is 0 Å². The molecule has 0 bridgehead atoms. The minimum absolute atomic E-state index is 1.19. The zero-order valence-electron chi connectivity index (χ0n) is 32.3. The van der Waals surface area contributed by atoms with Gasteiger partial charge in [0.2, 0.25) is 0 Å². The molecule has 59 heavy (non-hydrogen) atoms. The standard InChI is InChI=1S/C55H38S4/c1-2-51(49-33-45(37-11-3-15-41(27-37)52-19-7-23-56-52)31-46(34-49)38-12-4-16-42(28-38)53-20-8-24-57-53)50-35-47(39-13-5-17-43(29-39)54-21-9-25-58-54)32-48(36-50)40-14-6-18-44(30-40)55-22-10-26-59-55/h2-36H,1H3. The van der Waals surface area contributed by atoms with Gasteiger partial charge in [-0.15, -0.1) is 45.3 Å². The number of hydrogen-bond donors (Lipinski definition) is 0. The Morgan fingerprint density at radius 2 is 0.542 bits per heavy atom. The first kappa shape index (κ1) is 37.2. The Hall–Kier alpha value is -6.14. The van der Waals surface area contributed by atoms with Crippen LogP contribution in [-0.2, 0) is 0 Å². The van der Waals surface area contributed by atoms with E-state index in [9.17, 15) is 0 Å².